The van der Waals surface area contributed by atoms with E-state index in [1.807, 2.05) is 0 Å². The van der Waals surface area contributed by atoms with Crippen molar-refractivity contribution < 1.29 is 14.2 Å². The molecule has 1 aromatic rings. The Labute approximate surface area is 124 Å². The van der Waals surface area contributed by atoms with Crippen molar-refractivity contribution in [2.24, 2.45) is 5.11 Å². The van der Waals surface area contributed by atoms with E-state index in [1.54, 1.807) is 13.8 Å². The topological polar surface area (TPSA) is 131 Å². The van der Waals surface area contributed by atoms with E-state index >= 15 is 0 Å². The largest absolute Gasteiger partial charge is 0.349 e. The molecule has 1 N–H and O–H groups in total. The van der Waals surface area contributed by atoms with Crippen LogP contribution < -0.4 is 11.2 Å². The van der Waals surface area contributed by atoms with Crippen LogP contribution >= 0.6 is 0 Å². The second-order valence-corrected chi connectivity index (χ2v) is 5.56. The molecule has 22 heavy (non-hydrogen) atoms. The summed E-state index contributed by atoms with van der Waals surface area (Å²) in [6.45, 7) is 3.57. The molecule has 118 valence electrons. The zero-order valence-electron chi connectivity index (χ0n) is 12.0. The van der Waals surface area contributed by atoms with Gasteiger partial charge in [-0.05, 0) is 19.4 Å². The monoisotopic (exact) mass is 309 g/mol. The smallest absolute Gasteiger partial charge is 0.330 e. The van der Waals surface area contributed by atoms with Gasteiger partial charge in [-0.1, -0.05) is 5.11 Å². The van der Waals surface area contributed by atoms with Crippen molar-refractivity contribution in [2.75, 3.05) is 6.54 Å². The van der Waals surface area contributed by atoms with Crippen molar-refractivity contribution in [1.82, 2.24) is 9.55 Å². The Morgan fingerprint density at radius 1 is 1.41 bits per heavy atom. The van der Waals surface area contributed by atoms with Crippen molar-refractivity contribution in [2.45, 2.75) is 44.2 Å². The summed E-state index contributed by atoms with van der Waals surface area (Å²) in [4.78, 5) is 28.0. The van der Waals surface area contributed by atoms with Gasteiger partial charge in [0, 0.05) is 17.2 Å². The summed E-state index contributed by atoms with van der Waals surface area (Å²) in [6, 6.07) is 1.22. The Morgan fingerprint density at radius 2 is 2.14 bits per heavy atom. The molecule has 0 saturated carbocycles. The second kappa shape index (κ2) is 5.25. The Hall–Kier alpha value is -2.13. The molecule has 4 atom stereocenters. The van der Waals surface area contributed by atoms with Crippen molar-refractivity contribution in [3.8, 4) is 0 Å². The maximum atomic E-state index is 11.9. The molecular weight excluding hydrogens is 294 g/mol. The minimum Gasteiger partial charge on any atom is -0.349 e. The van der Waals surface area contributed by atoms with E-state index in [9.17, 15) is 9.59 Å². The molecule has 0 bridgehead atoms. The van der Waals surface area contributed by atoms with Crippen LogP contribution in [0.3, 0.4) is 0 Å². The third kappa shape index (κ3) is 2.53. The fourth-order valence-corrected chi connectivity index (χ4v) is 2.77. The molecule has 2 unspecified atom stereocenters. The Balaban J connectivity index is 1.96. The molecule has 3 heterocycles. The van der Waals surface area contributed by atoms with Gasteiger partial charge in [0.05, 0.1) is 12.6 Å². The predicted octanol–water partition coefficient (Wildman–Crippen LogP) is 0.264. The zero-order valence-corrected chi connectivity index (χ0v) is 12.0. The number of ether oxygens (including phenoxy) is 3. The van der Waals surface area contributed by atoms with Gasteiger partial charge < -0.3 is 14.2 Å². The first-order valence-corrected chi connectivity index (χ1v) is 6.75. The lowest BCUT2D eigenvalue weighted by molar-refractivity contribution is -0.196. The SMILES string of the molecule is CC1(C)OC2C(O1)[C@@H](CN=[N+]=[N-])O[C@H]2n1ccc(=O)[nH]c1=O. The summed E-state index contributed by atoms with van der Waals surface area (Å²) >= 11 is 0. The molecule has 2 aliphatic rings. The summed E-state index contributed by atoms with van der Waals surface area (Å²) in [5.41, 5.74) is 7.37. The number of nitrogens with zero attached hydrogens (tertiary/aromatic N) is 4. The lowest BCUT2D eigenvalue weighted by Crippen LogP contribution is -2.37. The summed E-state index contributed by atoms with van der Waals surface area (Å²) in [5.74, 6) is -0.836. The molecule has 2 aliphatic heterocycles. The van der Waals surface area contributed by atoms with Crippen LogP contribution in [-0.2, 0) is 14.2 Å². The highest BCUT2D eigenvalue weighted by Crippen LogP contribution is 2.42. The molecule has 0 radical (unpaired) electrons. The number of aromatic amines is 1. The van der Waals surface area contributed by atoms with Crippen LogP contribution in [-0.4, -0.2) is 40.2 Å². The maximum absolute atomic E-state index is 11.9. The Kier molecular flexibility index (Phi) is 3.53. The molecule has 0 aromatic carbocycles. The van der Waals surface area contributed by atoms with Crippen LogP contribution in [0.15, 0.2) is 27.0 Å². The third-order valence-corrected chi connectivity index (χ3v) is 3.58. The second-order valence-electron chi connectivity index (χ2n) is 5.56. The van der Waals surface area contributed by atoms with E-state index in [0.29, 0.717) is 0 Å². The van der Waals surface area contributed by atoms with Crippen molar-refractivity contribution in [3.63, 3.8) is 0 Å². The Bertz CT molecular complexity index is 734. The first-order chi connectivity index (χ1) is 10.4. The van der Waals surface area contributed by atoms with Gasteiger partial charge in [0.2, 0.25) is 0 Å². The van der Waals surface area contributed by atoms with Crippen molar-refractivity contribution in [3.05, 3.63) is 43.5 Å². The van der Waals surface area contributed by atoms with Crippen LogP contribution in [0.2, 0.25) is 0 Å². The molecule has 0 amide bonds. The minimum atomic E-state index is -0.836. The van der Waals surface area contributed by atoms with Gasteiger partial charge in [0.15, 0.2) is 12.0 Å². The zero-order chi connectivity index (χ0) is 15.9. The van der Waals surface area contributed by atoms with E-state index in [2.05, 4.69) is 15.0 Å². The quantitative estimate of drug-likeness (QED) is 0.486. The van der Waals surface area contributed by atoms with Gasteiger partial charge in [0.1, 0.15) is 12.2 Å². The molecule has 0 aliphatic carbocycles. The van der Waals surface area contributed by atoms with E-state index in [0.717, 1.165) is 0 Å². The summed E-state index contributed by atoms with van der Waals surface area (Å²) < 4.78 is 18.6. The number of hydrogen-bond donors (Lipinski definition) is 1. The number of nitrogens with one attached hydrogen (secondary N) is 1. The fourth-order valence-electron chi connectivity index (χ4n) is 2.77. The number of rotatable bonds is 3. The molecule has 10 nitrogen and oxygen atoms in total. The Morgan fingerprint density at radius 3 is 2.82 bits per heavy atom. The molecule has 2 fully saturated rings. The van der Waals surface area contributed by atoms with Crippen LogP contribution in [0.1, 0.15) is 20.1 Å². The van der Waals surface area contributed by atoms with Crippen molar-refractivity contribution in [1.29, 1.82) is 0 Å². The van der Waals surface area contributed by atoms with Gasteiger partial charge in [-0.25, -0.2) is 4.79 Å². The number of hydrogen-bond acceptors (Lipinski definition) is 6. The number of H-pyrrole nitrogens is 1. The summed E-state index contributed by atoms with van der Waals surface area (Å²) in [7, 11) is 0. The van der Waals surface area contributed by atoms with Gasteiger partial charge in [-0.2, -0.15) is 0 Å². The van der Waals surface area contributed by atoms with Gasteiger partial charge in [0.25, 0.3) is 5.56 Å². The highest BCUT2D eigenvalue weighted by atomic mass is 16.8. The molecule has 3 rings (SSSR count). The van der Waals surface area contributed by atoms with Crippen LogP contribution in [0, 0.1) is 0 Å². The first kappa shape index (κ1) is 14.8. The highest BCUT2D eigenvalue weighted by Gasteiger charge is 2.55. The molecular formula is C12H15N5O5. The van der Waals surface area contributed by atoms with Gasteiger partial charge in [-0.3, -0.25) is 14.3 Å². The number of aromatic nitrogens is 2. The van der Waals surface area contributed by atoms with E-state index < -0.39 is 41.6 Å². The lowest BCUT2D eigenvalue weighted by atomic mass is 10.1. The first-order valence-electron chi connectivity index (χ1n) is 6.75. The average molecular weight is 309 g/mol. The lowest BCUT2D eigenvalue weighted by Gasteiger charge is -2.24. The predicted molar refractivity (Wildman–Crippen MR) is 73.1 cm³/mol. The normalized spacial score (nSPS) is 32.5. The van der Waals surface area contributed by atoms with Gasteiger partial charge in [-0.15, -0.1) is 0 Å². The highest BCUT2D eigenvalue weighted by molar-refractivity contribution is 4.99. The van der Waals surface area contributed by atoms with Crippen molar-refractivity contribution >= 4 is 0 Å². The summed E-state index contributed by atoms with van der Waals surface area (Å²) in [6.07, 6.45) is -0.976. The molecule has 0 spiro atoms. The maximum Gasteiger partial charge on any atom is 0.330 e. The molecule has 10 heteroatoms. The van der Waals surface area contributed by atoms with Gasteiger partial charge >= 0.3 is 5.69 Å². The summed E-state index contributed by atoms with van der Waals surface area (Å²) in [5, 5.41) is 3.50. The van der Waals surface area contributed by atoms with Crippen LogP contribution in [0.25, 0.3) is 10.4 Å². The number of azide groups is 1. The van der Waals surface area contributed by atoms with E-state index in [-0.39, 0.29) is 6.54 Å². The third-order valence-electron chi connectivity index (χ3n) is 3.58. The number of fused-ring (bicyclic) bond motifs is 1. The van der Waals surface area contributed by atoms with Crippen LogP contribution in [0.5, 0.6) is 0 Å². The molecule has 2 saturated heterocycles. The fraction of sp³-hybridized carbons (Fsp3) is 0.667. The molecule has 1 aromatic heterocycles. The van der Waals surface area contributed by atoms with Crippen LogP contribution in [0.4, 0.5) is 0 Å². The standard InChI is InChI=1S/C12H15N5O5/c1-12(2)21-8-6(5-14-16-13)20-10(9(8)22-12)17-4-3-7(18)15-11(17)19/h3-4,6,8-10H,5H2,1-2H3,(H,15,18,19)/t6-,8?,9?,10-/m1/s1. The van der Waals surface area contributed by atoms with E-state index in [1.165, 1.54) is 16.8 Å². The average Bonchev–Trinajstić information content (AvgIpc) is 2.91. The minimum absolute atomic E-state index is 0.0612. The van der Waals surface area contributed by atoms with E-state index in [4.69, 9.17) is 19.7 Å².